The van der Waals surface area contributed by atoms with E-state index in [0.29, 0.717) is 20.9 Å². The summed E-state index contributed by atoms with van der Waals surface area (Å²) in [7, 11) is 0. The molecule has 0 bridgehead atoms. The minimum Gasteiger partial charge on any atom is -0.398 e. The highest BCUT2D eigenvalue weighted by atomic mass is 32.1. The lowest BCUT2D eigenvalue weighted by molar-refractivity contribution is -0.137. The minimum absolute atomic E-state index is 0.498. The van der Waals surface area contributed by atoms with Crippen molar-refractivity contribution in [1.82, 2.24) is 4.98 Å². The first-order valence-electron chi connectivity index (χ1n) is 5.78. The Hall–Kier alpha value is -2.08. The average Bonchev–Trinajstić information content (AvgIpc) is 2.80. The van der Waals surface area contributed by atoms with Crippen molar-refractivity contribution in [3.05, 3.63) is 48.0 Å². The molecule has 0 fully saturated rings. The fourth-order valence-electron chi connectivity index (χ4n) is 1.91. The van der Waals surface area contributed by atoms with E-state index in [4.69, 9.17) is 5.73 Å². The molecule has 3 aromatic rings. The number of fused-ring (bicyclic) bond motifs is 1. The molecule has 0 atom stereocenters. The van der Waals surface area contributed by atoms with Gasteiger partial charge in [-0.05, 0) is 30.3 Å². The van der Waals surface area contributed by atoms with E-state index in [-0.39, 0.29) is 0 Å². The van der Waals surface area contributed by atoms with Crippen molar-refractivity contribution in [2.75, 3.05) is 5.73 Å². The van der Waals surface area contributed by atoms with Gasteiger partial charge < -0.3 is 5.73 Å². The Morgan fingerprint density at radius 1 is 1.05 bits per heavy atom. The van der Waals surface area contributed by atoms with E-state index in [1.54, 1.807) is 18.2 Å². The van der Waals surface area contributed by atoms with Crippen molar-refractivity contribution in [2.24, 2.45) is 0 Å². The quantitative estimate of drug-likeness (QED) is 0.668. The number of hydrogen-bond acceptors (Lipinski definition) is 3. The van der Waals surface area contributed by atoms with Crippen LogP contribution in [-0.2, 0) is 6.18 Å². The Bertz CT molecular complexity index is 777. The first kappa shape index (κ1) is 12.9. The molecule has 0 radical (unpaired) electrons. The zero-order valence-electron chi connectivity index (χ0n) is 10.1. The van der Waals surface area contributed by atoms with Crippen LogP contribution in [0.2, 0.25) is 0 Å². The van der Waals surface area contributed by atoms with Crippen molar-refractivity contribution in [2.45, 2.75) is 6.18 Å². The Morgan fingerprint density at radius 3 is 2.50 bits per heavy atom. The summed E-state index contributed by atoms with van der Waals surface area (Å²) < 4.78 is 38.5. The van der Waals surface area contributed by atoms with Crippen LogP contribution in [-0.4, -0.2) is 4.98 Å². The number of alkyl halides is 3. The van der Waals surface area contributed by atoms with Crippen LogP contribution >= 0.6 is 11.3 Å². The molecule has 2 nitrogen and oxygen atoms in total. The van der Waals surface area contributed by atoms with Crippen molar-refractivity contribution < 1.29 is 13.2 Å². The van der Waals surface area contributed by atoms with Crippen molar-refractivity contribution in [3.8, 4) is 10.6 Å². The van der Waals surface area contributed by atoms with Gasteiger partial charge in [-0.15, -0.1) is 11.3 Å². The average molecular weight is 294 g/mol. The lowest BCUT2D eigenvalue weighted by atomic mass is 10.2. The van der Waals surface area contributed by atoms with Gasteiger partial charge in [0.2, 0.25) is 0 Å². The summed E-state index contributed by atoms with van der Waals surface area (Å²) in [6.45, 7) is 0. The van der Waals surface area contributed by atoms with Gasteiger partial charge in [-0.25, -0.2) is 4.98 Å². The van der Waals surface area contributed by atoms with Gasteiger partial charge in [0.05, 0.1) is 15.8 Å². The highest BCUT2D eigenvalue weighted by molar-refractivity contribution is 7.21. The van der Waals surface area contributed by atoms with Crippen LogP contribution in [0.5, 0.6) is 0 Å². The molecule has 2 aromatic carbocycles. The molecule has 1 heterocycles. The number of halogens is 3. The Balaban J connectivity index is 2.14. The smallest absolute Gasteiger partial charge is 0.398 e. The molecule has 0 aliphatic rings. The van der Waals surface area contributed by atoms with Crippen LogP contribution in [0.1, 0.15) is 5.56 Å². The molecular formula is C14H9F3N2S. The molecule has 0 spiro atoms. The van der Waals surface area contributed by atoms with Gasteiger partial charge >= 0.3 is 6.18 Å². The van der Waals surface area contributed by atoms with Crippen LogP contribution < -0.4 is 5.73 Å². The predicted molar refractivity (Wildman–Crippen MR) is 74.5 cm³/mol. The van der Waals surface area contributed by atoms with Gasteiger partial charge in [-0.3, -0.25) is 0 Å². The fourth-order valence-corrected chi connectivity index (χ4v) is 2.96. The summed E-state index contributed by atoms with van der Waals surface area (Å²) >= 11 is 1.20. The SMILES string of the molecule is Nc1ccccc1-c1nc2ccc(C(F)(F)F)cc2s1. The zero-order chi connectivity index (χ0) is 14.3. The van der Waals surface area contributed by atoms with Gasteiger partial charge in [0.1, 0.15) is 5.01 Å². The van der Waals surface area contributed by atoms with Gasteiger partial charge in [-0.1, -0.05) is 12.1 Å². The first-order valence-corrected chi connectivity index (χ1v) is 6.59. The number of rotatable bonds is 1. The Kier molecular flexibility index (Phi) is 2.90. The topological polar surface area (TPSA) is 38.9 Å². The van der Waals surface area contributed by atoms with Crippen molar-refractivity contribution >= 4 is 27.2 Å². The molecule has 0 amide bonds. The van der Waals surface area contributed by atoms with E-state index in [1.807, 2.05) is 6.07 Å². The largest absolute Gasteiger partial charge is 0.416 e. The number of aromatic nitrogens is 1. The van der Waals surface area contributed by atoms with Crippen molar-refractivity contribution in [3.63, 3.8) is 0 Å². The third-order valence-corrected chi connectivity index (χ3v) is 3.96. The van der Waals surface area contributed by atoms with Crippen LogP contribution in [0.3, 0.4) is 0 Å². The molecule has 0 saturated carbocycles. The maximum Gasteiger partial charge on any atom is 0.416 e. The van der Waals surface area contributed by atoms with Crippen LogP contribution in [0.4, 0.5) is 18.9 Å². The molecule has 6 heteroatoms. The third-order valence-electron chi connectivity index (χ3n) is 2.91. The normalized spacial score (nSPS) is 11.9. The first-order chi connectivity index (χ1) is 9.45. The molecule has 2 N–H and O–H groups in total. The van der Waals surface area contributed by atoms with Gasteiger partial charge in [0, 0.05) is 11.3 Å². The highest BCUT2D eigenvalue weighted by Gasteiger charge is 2.30. The summed E-state index contributed by atoms with van der Waals surface area (Å²) in [4.78, 5) is 4.34. The number of hydrogen-bond donors (Lipinski definition) is 1. The lowest BCUT2D eigenvalue weighted by Gasteiger charge is -2.04. The molecule has 20 heavy (non-hydrogen) atoms. The van der Waals surface area contributed by atoms with E-state index >= 15 is 0 Å². The standard InChI is InChI=1S/C14H9F3N2S/c15-14(16,17)8-5-6-11-12(7-8)20-13(19-11)9-3-1-2-4-10(9)18/h1-7H,18H2. The van der Waals surface area contributed by atoms with Crippen LogP contribution in [0.15, 0.2) is 42.5 Å². The van der Waals surface area contributed by atoms with E-state index in [9.17, 15) is 13.2 Å². The Morgan fingerprint density at radius 2 is 1.80 bits per heavy atom. The predicted octanol–water partition coefficient (Wildman–Crippen LogP) is 4.56. The van der Waals surface area contributed by atoms with E-state index < -0.39 is 11.7 Å². The molecule has 0 unspecified atom stereocenters. The van der Waals surface area contributed by atoms with Gasteiger partial charge in [-0.2, -0.15) is 13.2 Å². The van der Waals surface area contributed by atoms with E-state index in [2.05, 4.69) is 4.98 Å². The molecular weight excluding hydrogens is 285 g/mol. The number of nitrogens with zero attached hydrogens (tertiary/aromatic N) is 1. The fraction of sp³-hybridized carbons (Fsp3) is 0.0714. The number of nitrogens with two attached hydrogens (primary N) is 1. The van der Waals surface area contributed by atoms with Crippen molar-refractivity contribution in [1.29, 1.82) is 0 Å². The van der Waals surface area contributed by atoms with E-state index in [0.717, 1.165) is 17.7 Å². The number of thiazole rings is 1. The molecule has 0 aliphatic heterocycles. The minimum atomic E-state index is -4.34. The molecule has 0 saturated heterocycles. The summed E-state index contributed by atoms with van der Waals surface area (Å²) in [6.07, 6.45) is -4.34. The maximum atomic E-state index is 12.7. The maximum absolute atomic E-state index is 12.7. The molecule has 0 aliphatic carbocycles. The van der Waals surface area contributed by atoms with Crippen LogP contribution in [0.25, 0.3) is 20.8 Å². The van der Waals surface area contributed by atoms with Gasteiger partial charge in [0.15, 0.2) is 0 Å². The van der Waals surface area contributed by atoms with Crippen LogP contribution in [0, 0.1) is 0 Å². The number of benzene rings is 2. The number of anilines is 1. The lowest BCUT2D eigenvalue weighted by Crippen LogP contribution is -2.03. The zero-order valence-corrected chi connectivity index (χ0v) is 10.9. The summed E-state index contributed by atoms with van der Waals surface area (Å²) in [5, 5.41) is 0.623. The highest BCUT2D eigenvalue weighted by Crippen LogP contribution is 2.36. The molecule has 3 rings (SSSR count). The number of para-hydroxylation sites is 1. The molecule has 102 valence electrons. The summed E-state index contributed by atoms with van der Waals surface area (Å²) in [5.41, 5.74) is 7.03. The second-order valence-corrected chi connectivity index (χ2v) is 5.32. The third kappa shape index (κ3) is 2.22. The van der Waals surface area contributed by atoms with E-state index in [1.165, 1.54) is 17.4 Å². The second-order valence-electron chi connectivity index (χ2n) is 4.29. The summed E-state index contributed by atoms with van der Waals surface area (Å²) in [6, 6.07) is 10.7. The molecule has 1 aromatic heterocycles. The Labute approximate surface area is 116 Å². The summed E-state index contributed by atoms with van der Waals surface area (Å²) in [5.74, 6) is 0. The number of nitrogen functional groups attached to an aromatic ring is 1. The monoisotopic (exact) mass is 294 g/mol. The second kappa shape index (κ2) is 4.49. The van der Waals surface area contributed by atoms with Gasteiger partial charge in [0.25, 0.3) is 0 Å².